The fourth-order valence-corrected chi connectivity index (χ4v) is 2.06. The molecule has 1 N–H and O–H groups in total. The Balaban J connectivity index is 2.24. The molecule has 1 aromatic carbocycles. The molecule has 0 fully saturated rings. The van der Waals surface area contributed by atoms with E-state index in [1.807, 2.05) is 30.3 Å². The lowest BCUT2D eigenvalue weighted by Crippen LogP contribution is -2.36. The van der Waals surface area contributed by atoms with E-state index in [1.165, 1.54) is 4.90 Å². The van der Waals surface area contributed by atoms with Crippen LogP contribution in [0.3, 0.4) is 0 Å². The van der Waals surface area contributed by atoms with Gasteiger partial charge in [-0.3, -0.25) is 14.3 Å². The molecule has 0 saturated heterocycles. The van der Waals surface area contributed by atoms with Crippen molar-refractivity contribution < 1.29 is 14.7 Å². The minimum absolute atomic E-state index is 0.0805. The Morgan fingerprint density at radius 1 is 1.29 bits per heavy atom. The molecule has 0 aliphatic heterocycles. The number of hydrogen-bond acceptors (Lipinski definition) is 3. The van der Waals surface area contributed by atoms with E-state index in [-0.39, 0.29) is 18.9 Å². The molecule has 21 heavy (non-hydrogen) atoms. The summed E-state index contributed by atoms with van der Waals surface area (Å²) in [4.78, 5) is 24.7. The molecule has 0 aliphatic carbocycles. The number of carboxylic acids is 1. The molecule has 2 aromatic rings. The number of amides is 1. The van der Waals surface area contributed by atoms with Gasteiger partial charge in [-0.15, -0.1) is 0 Å². The molecule has 0 bridgehead atoms. The molecule has 1 unspecified atom stereocenters. The lowest BCUT2D eigenvalue weighted by atomic mass is 10.1. The van der Waals surface area contributed by atoms with Crippen molar-refractivity contribution in [3.8, 4) is 0 Å². The van der Waals surface area contributed by atoms with E-state index in [4.69, 9.17) is 5.11 Å². The standard InChI is InChI=1S/C15H17N3O3/c1-17(11-8-13(19)20)15(21)14(18-10-5-9-16-18)12-6-3-2-4-7-12/h2-7,9-10,14H,8,11H2,1H3,(H,19,20). The number of rotatable bonds is 6. The van der Waals surface area contributed by atoms with Crippen LogP contribution in [0.4, 0.5) is 0 Å². The quantitative estimate of drug-likeness (QED) is 0.871. The van der Waals surface area contributed by atoms with Gasteiger partial charge in [-0.2, -0.15) is 5.10 Å². The molecule has 6 nitrogen and oxygen atoms in total. The molecule has 0 saturated carbocycles. The summed E-state index contributed by atoms with van der Waals surface area (Å²) in [5.41, 5.74) is 0.813. The molecule has 1 heterocycles. The van der Waals surface area contributed by atoms with Crippen LogP contribution in [0.25, 0.3) is 0 Å². The van der Waals surface area contributed by atoms with Gasteiger partial charge in [0.15, 0.2) is 6.04 Å². The molecular formula is C15H17N3O3. The van der Waals surface area contributed by atoms with Crippen molar-refractivity contribution in [2.75, 3.05) is 13.6 Å². The highest BCUT2D eigenvalue weighted by Crippen LogP contribution is 2.19. The zero-order chi connectivity index (χ0) is 15.2. The van der Waals surface area contributed by atoms with Crippen LogP contribution in [0.5, 0.6) is 0 Å². The number of hydrogen-bond donors (Lipinski definition) is 1. The highest BCUT2D eigenvalue weighted by Gasteiger charge is 2.26. The van der Waals surface area contributed by atoms with Crippen molar-refractivity contribution in [3.63, 3.8) is 0 Å². The number of carbonyl (C=O) groups excluding carboxylic acids is 1. The predicted octanol–water partition coefficient (Wildman–Crippen LogP) is 1.41. The Morgan fingerprint density at radius 3 is 2.57 bits per heavy atom. The van der Waals surface area contributed by atoms with E-state index in [0.29, 0.717) is 0 Å². The number of aliphatic carboxylic acids is 1. The number of carboxylic acid groups (broad SMARTS) is 1. The Labute approximate surface area is 122 Å². The third-order valence-corrected chi connectivity index (χ3v) is 3.18. The number of benzene rings is 1. The monoisotopic (exact) mass is 287 g/mol. The molecule has 1 aromatic heterocycles. The summed E-state index contributed by atoms with van der Waals surface area (Å²) in [6.07, 6.45) is 3.25. The summed E-state index contributed by atoms with van der Waals surface area (Å²) in [6, 6.07) is 10.5. The van der Waals surface area contributed by atoms with E-state index >= 15 is 0 Å². The summed E-state index contributed by atoms with van der Waals surface area (Å²) in [7, 11) is 1.60. The van der Waals surface area contributed by atoms with Crippen LogP contribution >= 0.6 is 0 Å². The summed E-state index contributed by atoms with van der Waals surface area (Å²) >= 11 is 0. The Kier molecular flexibility index (Phi) is 4.71. The highest BCUT2D eigenvalue weighted by atomic mass is 16.4. The first-order valence-corrected chi connectivity index (χ1v) is 6.60. The van der Waals surface area contributed by atoms with Gasteiger partial charge < -0.3 is 10.0 Å². The fraction of sp³-hybridized carbons (Fsp3) is 0.267. The van der Waals surface area contributed by atoms with E-state index in [2.05, 4.69) is 5.10 Å². The van der Waals surface area contributed by atoms with Crippen LogP contribution in [0.2, 0.25) is 0 Å². The zero-order valence-electron chi connectivity index (χ0n) is 11.7. The second kappa shape index (κ2) is 6.69. The van der Waals surface area contributed by atoms with Gasteiger partial charge in [0.1, 0.15) is 0 Å². The molecule has 110 valence electrons. The minimum atomic E-state index is -0.926. The largest absolute Gasteiger partial charge is 0.481 e. The lowest BCUT2D eigenvalue weighted by molar-refractivity contribution is -0.138. The van der Waals surface area contributed by atoms with Crippen LogP contribution in [0.1, 0.15) is 18.0 Å². The highest BCUT2D eigenvalue weighted by molar-refractivity contribution is 5.83. The maximum atomic E-state index is 12.6. The average Bonchev–Trinajstić information content (AvgIpc) is 3.00. The van der Waals surface area contributed by atoms with Crippen LogP contribution in [-0.2, 0) is 9.59 Å². The molecule has 0 radical (unpaired) electrons. The number of aromatic nitrogens is 2. The van der Waals surface area contributed by atoms with Gasteiger partial charge in [-0.1, -0.05) is 30.3 Å². The number of nitrogens with zero attached hydrogens (tertiary/aromatic N) is 3. The van der Waals surface area contributed by atoms with Gasteiger partial charge in [0.05, 0.1) is 6.42 Å². The van der Waals surface area contributed by atoms with Crippen LogP contribution < -0.4 is 0 Å². The first-order valence-electron chi connectivity index (χ1n) is 6.60. The van der Waals surface area contributed by atoms with E-state index in [9.17, 15) is 9.59 Å². The maximum absolute atomic E-state index is 12.6. The molecule has 1 amide bonds. The third-order valence-electron chi connectivity index (χ3n) is 3.18. The van der Waals surface area contributed by atoms with Gasteiger partial charge in [0, 0.05) is 26.0 Å². The molecular weight excluding hydrogens is 270 g/mol. The summed E-state index contributed by atoms with van der Waals surface area (Å²) in [5, 5.41) is 12.9. The van der Waals surface area contributed by atoms with E-state index < -0.39 is 12.0 Å². The molecule has 6 heteroatoms. The third kappa shape index (κ3) is 3.68. The van der Waals surface area contributed by atoms with Gasteiger partial charge in [-0.25, -0.2) is 0 Å². The second-order valence-electron chi connectivity index (χ2n) is 4.70. The number of carbonyl (C=O) groups is 2. The van der Waals surface area contributed by atoms with Crippen molar-refractivity contribution >= 4 is 11.9 Å². The van der Waals surface area contributed by atoms with Crippen LogP contribution in [0.15, 0.2) is 48.8 Å². The van der Waals surface area contributed by atoms with Crippen molar-refractivity contribution in [1.82, 2.24) is 14.7 Å². The van der Waals surface area contributed by atoms with E-state index in [1.54, 1.807) is 30.2 Å². The maximum Gasteiger partial charge on any atom is 0.305 e. The topological polar surface area (TPSA) is 75.4 Å². The number of likely N-dealkylation sites (N-methyl/N-ethyl adjacent to an activating group) is 1. The van der Waals surface area contributed by atoms with Crippen molar-refractivity contribution in [2.24, 2.45) is 0 Å². The summed E-state index contributed by atoms with van der Waals surface area (Å²) in [5.74, 6) is -1.11. The second-order valence-corrected chi connectivity index (χ2v) is 4.70. The Hall–Kier alpha value is -2.63. The summed E-state index contributed by atoms with van der Waals surface area (Å²) in [6.45, 7) is 0.165. The first-order chi connectivity index (χ1) is 10.1. The lowest BCUT2D eigenvalue weighted by Gasteiger charge is -2.24. The van der Waals surface area contributed by atoms with Gasteiger partial charge in [-0.05, 0) is 11.6 Å². The predicted molar refractivity (Wildman–Crippen MR) is 76.7 cm³/mol. The Bertz CT molecular complexity index is 596. The van der Waals surface area contributed by atoms with Crippen molar-refractivity contribution in [3.05, 3.63) is 54.4 Å². The van der Waals surface area contributed by atoms with Crippen LogP contribution in [0, 0.1) is 0 Å². The van der Waals surface area contributed by atoms with Crippen molar-refractivity contribution in [1.29, 1.82) is 0 Å². The zero-order valence-corrected chi connectivity index (χ0v) is 11.7. The van der Waals surface area contributed by atoms with Crippen molar-refractivity contribution in [2.45, 2.75) is 12.5 Å². The van der Waals surface area contributed by atoms with Crippen LogP contribution in [-0.4, -0.2) is 45.3 Å². The normalized spacial score (nSPS) is 11.9. The minimum Gasteiger partial charge on any atom is -0.481 e. The smallest absolute Gasteiger partial charge is 0.305 e. The summed E-state index contributed by atoms with van der Waals surface area (Å²) < 4.78 is 1.58. The molecule has 0 spiro atoms. The van der Waals surface area contributed by atoms with Gasteiger partial charge >= 0.3 is 5.97 Å². The average molecular weight is 287 g/mol. The Morgan fingerprint density at radius 2 is 2.00 bits per heavy atom. The van der Waals surface area contributed by atoms with Gasteiger partial charge in [0.2, 0.25) is 0 Å². The molecule has 0 aliphatic rings. The SMILES string of the molecule is CN(CCC(=O)O)C(=O)C(c1ccccc1)n1cccn1. The molecule has 2 rings (SSSR count). The molecule has 1 atom stereocenters. The first kappa shape index (κ1) is 14.8. The fourth-order valence-electron chi connectivity index (χ4n) is 2.06. The van der Waals surface area contributed by atoms with Gasteiger partial charge in [0.25, 0.3) is 5.91 Å². The van der Waals surface area contributed by atoms with E-state index in [0.717, 1.165) is 5.56 Å².